The highest BCUT2D eigenvalue weighted by Gasteiger charge is 2.15. The van der Waals surface area contributed by atoms with E-state index in [9.17, 15) is 8.78 Å². The van der Waals surface area contributed by atoms with Crippen molar-refractivity contribution in [2.75, 3.05) is 19.8 Å². The summed E-state index contributed by atoms with van der Waals surface area (Å²) in [6, 6.07) is 8.43. The van der Waals surface area contributed by atoms with Gasteiger partial charge < -0.3 is 10.1 Å². The topological polar surface area (TPSA) is 21.3 Å². The maximum absolute atomic E-state index is 12.1. The fourth-order valence-electron chi connectivity index (χ4n) is 2.33. The summed E-state index contributed by atoms with van der Waals surface area (Å²) >= 11 is 1.72. The van der Waals surface area contributed by atoms with Crippen LogP contribution in [-0.4, -0.2) is 26.2 Å². The van der Waals surface area contributed by atoms with Gasteiger partial charge in [0, 0.05) is 17.3 Å². The van der Waals surface area contributed by atoms with Gasteiger partial charge in [0.05, 0.1) is 0 Å². The molecule has 0 amide bonds. The third-order valence-electron chi connectivity index (χ3n) is 3.32. The van der Waals surface area contributed by atoms with Gasteiger partial charge in [0.25, 0.3) is 6.43 Å². The molecule has 0 aliphatic heterocycles. The molecule has 1 atom stereocenters. The van der Waals surface area contributed by atoms with E-state index in [0.29, 0.717) is 13.0 Å². The summed E-state index contributed by atoms with van der Waals surface area (Å²) in [4.78, 5) is 0. The van der Waals surface area contributed by atoms with E-state index in [1.807, 2.05) is 12.1 Å². The number of fused-ring (bicyclic) bond motifs is 1. The van der Waals surface area contributed by atoms with Crippen molar-refractivity contribution in [2.45, 2.75) is 32.2 Å². The Bertz CT molecular complexity index is 544. The lowest BCUT2D eigenvalue weighted by atomic mass is 10.0. The van der Waals surface area contributed by atoms with Crippen molar-refractivity contribution in [1.29, 1.82) is 0 Å². The predicted octanol–water partition coefficient (Wildman–Crippen LogP) is 4.61. The first kappa shape index (κ1) is 16.3. The second kappa shape index (κ2) is 8.41. The van der Waals surface area contributed by atoms with E-state index in [1.165, 1.54) is 15.6 Å². The molecule has 0 aliphatic carbocycles. The molecule has 5 heteroatoms. The highest BCUT2D eigenvalue weighted by Crippen LogP contribution is 2.31. The molecule has 1 aromatic heterocycles. The molecule has 2 nitrogen and oxygen atoms in total. The molecule has 116 valence electrons. The number of rotatable bonds is 9. The van der Waals surface area contributed by atoms with Gasteiger partial charge in [-0.05, 0) is 41.8 Å². The number of halogens is 2. The lowest BCUT2D eigenvalue weighted by Crippen LogP contribution is -2.23. The number of benzene rings is 1. The first-order chi connectivity index (χ1) is 10.2. The van der Waals surface area contributed by atoms with E-state index >= 15 is 0 Å². The maximum atomic E-state index is 12.1. The van der Waals surface area contributed by atoms with Gasteiger partial charge in [-0.1, -0.05) is 25.1 Å². The van der Waals surface area contributed by atoms with Crippen molar-refractivity contribution in [2.24, 2.45) is 0 Å². The second-order valence-electron chi connectivity index (χ2n) is 4.95. The van der Waals surface area contributed by atoms with Crippen LogP contribution >= 0.6 is 11.3 Å². The van der Waals surface area contributed by atoms with Gasteiger partial charge in [0.2, 0.25) is 0 Å². The SMILES string of the molecule is CCCNC(CCOCC(F)F)c1csc2ccccc12. The Morgan fingerprint density at radius 2 is 2.10 bits per heavy atom. The van der Waals surface area contributed by atoms with Crippen molar-refractivity contribution in [3.63, 3.8) is 0 Å². The maximum Gasteiger partial charge on any atom is 0.261 e. The minimum Gasteiger partial charge on any atom is -0.375 e. The fourth-order valence-corrected chi connectivity index (χ4v) is 3.34. The fraction of sp³-hybridized carbons (Fsp3) is 0.500. The lowest BCUT2D eigenvalue weighted by molar-refractivity contribution is 0.0144. The highest BCUT2D eigenvalue weighted by molar-refractivity contribution is 7.17. The normalized spacial score (nSPS) is 13.1. The number of ether oxygens (including phenoxy) is 1. The first-order valence-corrected chi connectivity index (χ1v) is 8.15. The summed E-state index contributed by atoms with van der Waals surface area (Å²) in [7, 11) is 0. The summed E-state index contributed by atoms with van der Waals surface area (Å²) in [5, 5.41) is 6.89. The highest BCUT2D eigenvalue weighted by atomic mass is 32.1. The smallest absolute Gasteiger partial charge is 0.261 e. The quantitative estimate of drug-likeness (QED) is 0.682. The molecule has 1 N–H and O–H groups in total. The van der Waals surface area contributed by atoms with Crippen molar-refractivity contribution in [3.8, 4) is 0 Å². The molecule has 0 aliphatic rings. The molecule has 2 rings (SSSR count). The summed E-state index contributed by atoms with van der Waals surface area (Å²) in [6.07, 6.45) is -0.654. The van der Waals surface area contributed by atoms with Gasteiger partial charge in [-0.25, -0.2) is 8.78 Å². The molecular formula is C16H21F2NOS. The summed E-state index contributed by atoms with van der Waals surface area (Å²) in [6.45, 7) is 2.88. The molecule has 0 spiro atoms. The molecule has 1 unspecified atom stereocenters. The number of thiophene rings is 1. The first-order valence-electron chi connectivity index (χ1n) is 7.27. The van der Waals surface area contributed by atoms with E-state index in [1.54, 1.807) is 11.3 Å². The van der Waals surface area contributed by atoms with Gasteiger partial charge in [-0.3, -0.25) is 0 Å². The molecule has 0 fully saturated rings. The Kier molecular flexibility index (Phi) is 6.54. The molecule has 2 aromatic rings. The Hall–Kier alpha value is -1.04. The summed E-state index contributed by atoms with van der Waals surface area (Å²) < 4.78 is 30.5. The van der Waals surface area contributed by atoms with Crippen LogP contribution in [0.2, 0.25) is 0 Å². The Morgan fingerprint density at radius 1 is 1.29 bits per heavy atom. The second-order valence-corrected chi connectivity index (χ2v) is 5.86. The van der Waals surface area contributed by atoms with Gasteiger partial charge in [0.1, 0.15) is 6.61 Å². The number of nitrogens with one attached hydrogen (secondary N) is 1. The lowest BCUT2D eigenvalue weighted by Gasteiger charge is -2.18. The zero-order valence-electron chi connectivity index (χ0n) is 12.1. The Labute approximate surface area is 128 Å². The van der Waals surface area contributed by atoms with Gasteiger partial charge in [-0.2, -0.15) is 0 Å². The minimum atomic E-state index is -2.39. The Balaban J connectivity index is 2.04. The van der Waals surface area contributed by atoms with Gasteiger partial charge in [0.15, 0.2) is 0 Å². The average molecular weight is 313 g/mol. The molecule has 0 bridgehead atoms. The molecule has 0 saturated carbocycles. The van der Waals surface area contributed by atoms with Crippen LogP contribution in [0.1, 0.15) is 31.4 Å². The van der Waals surface area contributed by atoms with Crippen LogP contribution in [0.5, 0.6) is 0 Å². The molecular weight excluding hydrogens is 292 g/mol. The number of alkyl halides is 2. The number of hydrogen-bond acceptors (Lipinski definition) is 3. The van der Waals surface area contributed by atoms with Crippen LogP contribution in [0, 0.1) is 0 Å². The molecule has 0 radical (unpaired) electrons. The zero-order valence-corrected chi connectivity index (χ0v) is 13.0. The van der Waals surface area contributed by atoms with Gasteiger partial charge in [-0.15, -0.1) is 11.3 Å². The van der Waals surface area contributed by atoms with Crippen LogP contribution < -0.4 is 5.32 Å². The standard InChI is InChI=1S/C16H21F2NOS/c1-2-8-19-14(7-9-20-10-16(17)18)13-11-21-15-6-4-3-5-12(13)15/h3-6,11,14,16,19H,2,7-10H2,1H3. The molecule has 1 aromatic carbocycles. The van der Waals surface area contributed by atoms with E-state index in [-0.39, 0.29) is 6.04 Å². The molecule has 0 saturated heterocycles. The van der Waals surface area contributed by atoms with E-state index < -0.39 is 13.0 Å². The van der Waals surface area contributed by atoms with E-state index in [0.717, 1.165) is 13.0 Å². The van der Waals surface area contributed by atoms with Crippen molar-refractivity contribution >= 4 is 21.4 Å². The van der Waals surface area contributed by atoms with Crippen LogP contribution in [0.3, 0.4) is 0 Å². The monoisotopic (exact) mass is 313 g/mol. The third-order valence-corrected chi connectivity index (χ3v) is 4.30. The Morgan fingerprint density at radius 3 is 2.86 bits per heavy atom. The van der Waals surface area contributed by atoms with Crippen LogP contribution in [-0.2, 0) is 4.74 Å². The third kappa shape index (κ3) is 4.73. The predicted molar refractivity (Wildman–Crippen MR) is 84.3 cm³/mol. The van der Waals surface area contributed by atoms with Crippen molar-refractivity contribution in [3.05, 3.63) is 35.2 Å². The summed E-state index contributed by atoms with van der Waals surface area (Å²) in [5.41, 5.74) is 1.24. The van der Waals surface area contributed by atoms with Crippen molar-refractivity contribution < 1.29 is 13.5 Å². The van der Waals surface area contributed by atoms with Crippen LogP contribution in [0.25, 0.3) is 10.1 Å². The molecule has 1 heterocycles. The summed E-state index contributed by atoms with van der Waals surface area (Å²) in [5.74, 6) is 0. The van der Waals surface area contributed by atoms with Crippen LogP contribution in [0.15, 0.2) is 29.6 Å². The van der Waals surface area contributed by atoms with Gasteiger partial charge >= 0.3 is 0 Å². The minimum absolute atomic E-state index is 0.152. The largest absolute Gasteiger partial charge is 0.375 e. The van der Waals surface area contributed by atoms with E-state index in [4.69, 9.17) is 4.74 Å². The molecule has 21 heavy (non-hydrogen) atoms. The van der Waals surface area contributed by atoms with Crippen molar-refractivity contribution in [1.82, 2.24) is 5.32 Å². The zero-order chi connectivity index (χ0) is 15.1. The average Bonchev–Trinajstić information content (AvgIpc) is 2.90. The van der Waals surface area contributed by atoms with E-state index in [2.05, 4.69) is 29.8 Å². The van der Waals surface area contributed by atoms with Crippen LogP contribution in [0.4, 0.5) is 8.78 Å². The number of hydrogen-bond donors (Lipinski definition) is 1.